The lowest BCUT2D eigenvalue weighted by Crippen LogP contribution is -2.52. The Bertz CT molecular complexity index is 958. The van der Waals surface area contributed by atoms with Gasteiger partial charge < -0.3 is 9.64 Å². The number of hydrogen-bond donors (Lipinski definition) is 0. The number of hydrogen-bond acceptors (Lipinski definition) is 4. The third-order valence-corrected chi connectivity index (χ3v) is 6.18. The quantitative estimate of drug-likeness (QED) is 0.744. The van der Waals surface area contributed by atoms with Gasteiger partial charge in [0.25, 0.3) is 5.91 Å². The molecular formula is C21H26N2O4S. The Balaban J connectivity index is 2.03. The summed E-state index contributed by atoms with van der Waals surface area (Å²) < 4.78 is 31.8. The number of ether oxygens (including phenoxy) is 1. The molecule has 0 N–H and O–H groups in total. The van der Waals surface area contributed by atoms with Gasteiger partial charge in [-0.3, -0.25) is 9.10 Å². The molecule has 0 aromatic heterocycles. The van der Waals surface area contributed by atoms with Crippen molar-refractivity contribution < 1.29 is 17.9 Å². The molecule has 0 spiro atoms. The van der Waals surface area contributed by atoms with E-state index in [2.05, 4.69) is 0 Å². The molecule has 28 heavy (non-hydrogen) atoms. The van der Waals surface area contributed by atoms with Gasteiger partial charge in [-0.15, -0.1) is 0 Å². The van der Waals surface area contributed by atoms with E-state index in [1.165, 1.54) is 11.4 Å². The minimum atomic E-state index is -3.69. The molecule has 0 aliphatic carbocycles. The average molecular weight is 403 g/mol. The monoisotopic (exact) mass is 402 g/mol. The van der Waals surface area contributed by atoms with Gasteiger partial charge in [-0.2, -0.15) is 0 Å². The van der Waals surface area contributed by atoms with Crippen molar-refractivity contribution in [2.24, 2.45) is 0 Å². The van der Waals surface area contributed by atoms with Crippen LogP contribution >= 0.6 is 0 Å². The van der Waals surface area contributed by atoms with Gasteiger partial charge in [-0.1, -0.05) is 31.2 Å². The molecule has 0 radical (unpaired) electrons. The maximum absolute atomic E-state index is 13.5. The fraction of sp³-hybridized carbons (Fsp3) is 0.381. The van der Waals surface area contributed by atoms with Gasteiger partial charge in [-0.25, -0.2) is 8.42 Å². The lowest BCUT2D eigenvalue weighted by atomic mass is 10.0. The van der Waals surface area contributed by atoms with E-state index in [1.54, 1.807) is 29.2 Å². The Morgan fingerprint density at radius 2 is 1.96 bits per heavy atom. The standard InChI is InChI=1S/C21H26N2O4S/c1-4-19(21(24)22-14-8-10-16-9-5-6-13-20(16)22)23(28(3,25)26)17-11-7-12-18(15-17)27-2/h5-7,9,11-13,15,19H,4,8,10,14H2,1-3H3/t19-/m1/s1. The summed E-state index contributed by atoms with van der Waals surface area (Å²) >= 11 is 0. The van der Waals surface area contributed by atoms with Gasteiger partial charge in [-0.05, 0) is 43.0 Å². The maximum Gasteiger partial charge on any atom is 0.250 e. The van der Waals surface area contributed by atoms with E-state index >= 15 is 0 Å². The van der Waals surface area contributed by atoms with Gasteiger partial charge >= 0.3 is 0 Å². The molecule has 1 aliphatic heterocycles. The third kappa shape index (κ3) is 3.99. The van der Waals surface area contributed by atoms with Crippen LogP contribution in [0.1, 0.15) is 25.3 Å². The molecule has 6 nitrogen and oxygen atoms in total. The van der Waals surface area contributed by atoms with Gasteiger partial charge in [0.05, 0.1) is 19.1 Å². The highest BCUT2D eigenvalue weighted by atomic mass is 32.2. The number of benzene rings is 2. The van der Waals surface area contributed by atoms with Gasteiger partial charge in [0.2, 0.25) is 10.0 Å². The van der Waals surface area contributed by atoms with Crippen LogP contribution in [0.5, 0.6) is 5.75 Å². The summed E-state index contributed by atoms with van der Waals surface area (Å²) in [6.07, 6.45) is 3.27. The minimum absolute atomic E-state index is 0.206. The molecule has 2 aromatic carbocycles. The summed E-state index contributed by atoms with van der Waals surface area (Å²) in [5.41, 5.74) is 2.41. The highest BCUT2D eigenvalue weighted by Crippen LogP contribution is 2.31. The number of nitrogens with zero attached hydrogens (tertiary/aromatic N) is 2. The Morgan fingerprint density at radius 3 is 2.64 bits per heavy atom. The first kappa shape index (κ1) is 20.2. The molecule has 0 bridgehead atoms. The van der Waals surface area contributed by atoms with E-state index in [9.17, 15) is 13.2 Å². The second kappa shape index (κ2) is 8.22. The molecule has 1 atom stereocenters. The Labute approximate surface area is 166 Å². The Hall–Kier alpha value is -2.54. The van der Waals surface area contributed by atoms with Gasteiger partial charge in [0.1, 0.15) is 11.8 Å². The number of carbonyl (C=O) groups excluding carboxylic acids is 1. The van der Waals surface area contributed by atoms with E-state index in [1.807, 2.05) is 31.2 Å². The van der Waals surface area contributed by atoms with Crippen molar-refractivity contribution in [2.75, 3.05) is 29.1 Å². The van der Waals surface area contributed by atoms with E-state index in [-0.39, 0.29) is 5.91 Å². The summed E-state index contributed by atoms with van der Waals surface area (Å²) in [6.45, 7) is 2.42. The largest absolute Gasteiger partial charge is 0.497 e. The number of carbonyl (C=O) groups is 1. The van der Waals surface area contributed by atoms with E-state index in [0.29, 0.717) is 24.4 Å². The molecule has 7 heteroatoms. The van der Waals surface area contributed by atoms with Crippen molar-refractivity contribution in [1.82, 2.24) is 0 Å². The number of sulfonamides is 1. The zero-order chi connectivity index (χ0) is 20.3. The van der Waals surface area contributed by atoms with Crippen LogP contribution < -0.4 is 13.9 Å². The molecule has 0 unspecified atom stereocenters. The van der Waals surface area contributed by atoms with Crippen molar-refractivity contribution in [2.45, 2.75) is 32.2 Å². The summed E-state index contributed by atoms with van der Waals surface area (Å²) in [6, 6.07) is 13.8. The van der Waals surface area contributed by atoms with E-state index in [4.69, 9.17) is 4.74 Å². The molecule has 1 heterocycles. The molecular weight excluding hydrogens is 376 g/mol. The fourth-order valence-electron chi connectivity index (χ4n) is 3.73. The summed E-state index contributed by atoms with van der Waals surface area (Å²) in [4.78, 5) is 15.2. The number of para-hydroxylation sites is 1. The zero-order valence-electron chi connectivity index (χ0n) is 16.5. The van der Waals surface area contributed by atoms with Gasteiger partial charge in [0.15, 0.2) is 0 Å². The summed E-state index contributed by atoms with van der Waals surface area (Å²) in [5, 5.41) is 0. The molecule has 0 saturated carbocycles. The molecule has 0 fully saturated rings. The minimum Gasteiger partial charge on any atom is -0.497 e. The smallest absolute Gasteiger partial charge is 0.250 e. The Morgan fingerprint density at radius 1 is 1.21 bits per heavy atom. The third-order valence-electron chi connectivity index (χ3n) is 5.00. The van der Waals surface area contributed by atoms with Crippen LogP contribution in [0, 0.1) is 0 Å². The molecule has 2 aromatic rings. The topological polar surface area (TPSA) is 66.9 Å². The highest BCUT2D eigenvalue weighted by Gasteiger charge is 2.36. The van der Waals surface area contributed by atoms with Crippen LogP contribution in [0.15, 0.2) is 48.5 Å². The van der Waals surface area contributed by atoms with Crippen LogP contribution in [0.3, 0.4) is 0 Å². The molecule has 0 saturated heterocycles. The van der Waals surface area contributed by atoms with Crippen molar-refractivity contribution in [3.63, 3.8) is 0 Å². The normalized spacial score (nSPS) is 14.9. The Kier molecular flexibility index (Phi) is 5.93. The van der Waals surface area contributed by atoms with E-state index in [0.717, 1.165) is 30.3 Å². The van der Waals surface area contributed by atoms with Crippen LogP contribution in [-0.4, -0.2) is 40.3 Å². The van der Waals surface area contributed by atoms with Crippen molar-refractivity contribution in [3.8, 4) is 5.75 Å². The van der Waals surface area contributed by atoms with Crippen LogP contribution in [-0.2, 0) is 21.2 Å². The zero-order valence-corrected chi connectivity index (χ0v) is 17.3. The highest BCUT2D eigenvalue weighted by molar-refractivity contribution is 7.92. The first-order chi connectivity index (χ1) is 13.4. The van der Waals surface area contributed by atoms with Crippen molar-refractivity contribution in [3.05, 3.63) is 54.1 Å². The molecule has 1 aliphatic rings. The lowest BCUT2D eigenvalue weighted by molar-refractivity contribution is -0.119. The summed E-state index contributed by atoms with van der Waals surface area (Å²) in [7, 11) is -2.16. The molecule has 3 rings (SSSR count). The number of amides is 1. The van der Waals surface area contributed by atoms with Crippen molar-refractivity contribution >= 4 is 27.3 Å². The number of aryl methyl sites for hydroxylation is 1. The van der Waals surface area contributed by atoms with Crippen LogP contribution in [0.4, 0.5) is 11.4 Å². The number of rotatable bonds is 6. The van der Waals surface area contributed by atoms with E-state index < -0.39 is 16.1 Å². The number of methoxy groups -OCH3 is 1. The number of fused-ring (bicyclic) bond motifs is 1. The first-order valence-corrected chi connectivity index (χ1v) is 11.2. The molecule has 1 amide bonds. The first-order valence-electron chi connectivity index (χ1n) is 9.39. The predicted molar refractivity (Wildman–Crippen MR) is 112 cm³/mol. The fourth-order valence-corrected chi connectivity index (χ4v) is 4.93. The number of anilines is 2. The van der Waals surface area contributed by atoms with Crippen LogP contribution in [0.2, 0.25) is 0 Å². The van der Waals surface area contributed by atoms with Crippen LogP contribution in [0.25, 0.3) is 0 Å². The lowest BCUT2D eigenvalue weighted by Gasteiger charge is -2.36. The second-order valence-electron chi connectivity index (χ2n) is 6.91. The summed E-state index contributed by atoms with van der Waals surface area (Å²) in [5.74, 6) is 0.333. The average Bonchev–Trinajstić information content (AvgIpc) is 2.70. The molecule has 150 valence electrons. The van der Waals surface area contributed by atoms with Crippen molar-refractivity contribution in [1.29, 1.82) is 0 Å². The second-order valence-corrected chi connectivity index (χ2v) is 8.77. The SMILES string of the molecule is CC[C@H](C(=O)N1CCCc2ccccc21)N(c1cccc(OC)c1)S(C)(=O)=O. The predicted octanol–water partition coefficient (Wildman–Crippen LogP) is 3.22. The van der Waals surface area contributed by atoms with Gasteiger partial charge in [0, 0.05) is 18.3 Å². The maximum atomic E-state index is 13.5.